The first kappa shape index (κ1) is 16.7. The van der Waals surface area contributed by atoms with E-state index in [4.69, 9.17) is 24.5 Å². The Morgan fingerprint density at radius 1 is 1.21 bits per heavy atom. The predicted octanol–water partition coefficient (Wildman–Crippen LogP) is 0.618. The molecule has 0 unspecified atom stereocenters. The molecule has 19 heavy (non-hydrogen) atoms. The van der Waals surface area contributed by atoms with E-state index in [1.165, 1.54) is 0 Å². The van der Waals surface area contributed by atoms with Gasteiger partial charge in [0.15, 0.2) is 11.5 Å². The maximum Gasteiger partial charge on any atom is 0.414 e. The van der Waals surface area contributed by atoms with Crippen molar-refractivity contribution < 1.29 is 29.6 Å². The number of carboxylic acid groups (broad SMARTS) is 2. The van der Waals surface area contributed by atoms with E-state index in [1.54, 1.807) is 13.2 Å². The molecule has 1 aromatic rings. The highest BCUT2D eigenvalue weighted by atomic mass is 16.5. The monoisotopic (exact) mass is 271 g/mol. The van der Waals surface area contributed by atoms with Gasteiger partial charge in [-0.15, -0.1) is 0 Å². The highest BCUT2D eigenvalue weighted by molar-refractivity contribution is 6.27. The first-order chi connectivity index (χ1) is 8.79. The minimum atomic E-state index is -1.82. The molecule has 0 heterocycles. The lowest BCUT2D eigenvalue weighted by molar-refractivity contribution is -0.159. The lowest BCUT2D eigenvalue weighted by Crippen LogP contribution is -2.10. The minimum absolute atomic E-state index is 0.235. The van der Waals surface area contributed by atoms with E-state index >= 15 is 0 Å². The minimum Gasteiger partial charge on any atom is -0.504 e. The number of carbonyl (C=O) groups is 2. The van der Waals surface area contributed by atoms with Crippen LogP contribution < -0.4 is 4.74 Å². The number of aromatic hydroxyl groups is 1. The number of phenolic OH excluding ortho intramolecular Hbond substituents is 1. The van der Waals surface area contributed by atoms with Crippen molar-refractivity contribution >= 4 is 11.9 Å². The molecule has 0 fully saturated rings. The summed E-state index contributed by atoms with van der Waals surface area (Å²) in [4.78, 5) is 20.2. The summed E-state index contributed by atoms with van der Waals surface area (Å²) in [6.45, 7) is 0.711. The molecule has 1 aromatic carbocycles. The van der Waals surface area contributed by atoms with Gasteiger partial charge in [0.1, 0.15) is 0 Å². The van der Waals surface area contributed by atoms with E-state index in [0.29, 0.717) is 12.3 Å². The van der Waals surface area contributed by atoms with Crippen molar-refractivity contribution in [3.63, 3.8) is 0 Å². The first-order valence-corrected chi connectivity index (χ1v) is 5.25. The van der Waals surface area contributed by atoms with Gasteiger partial charge in [-0.3, -0.25) is 0 Å². The summed E-state index contributed by atoms with van der Waals surface area (Å²) >= 11 is 0. The van der Waals surface area contributed by atoms with Crippen LogP contribution in [0.2, 0.25) is 0 Å². The van der Waals surface area contributed by atoms with E-state index in [0.717, 1.165) is 5.56 Å². The molecule has 0 saturated heterocycles. The van der Waals surface area contributed by atoms with Crippen molar-refractivity contribution in [3.8, 4) is 11.5 Å². The molecule has 0 bridgehead atoms. The molecule has 106 valence electrons. The second-order valence-corrected chi connectivity index (χ2v) is 3.82. The fraction of sp³-hybridized carbons (Fsp3) is 0.333. The Labute approximate surface area is 110 Å². The number of nitrogens with zero attached hydrogens (tertiary/aromatic N) is 1. The summed E-state index contributed by atoms with van der Waals surface area (Å²) < 4.78 is 5.00. The Balaban J connectivity index is 0.000000459. The van der Waals surface area contributed by atoms with Gasteiger partial charge < -0.3 is 25.0 Å². The van der Waals surface area contributed by atoms with Crippen molar-refractivity contribution in [1.29, 1.82) is 0 Å². The SMILES string of the molecule is COc1cccc(CN(C)C)c1O.O=C(O)C(=O)O. The molecule has 0 saturated carbocycles. The highest BCUT2D eigenvalue weighted by Crippen LogP contribution is 2.29. The van der Waals surface area contributed by atoms with Gasteiger partial charge in [-0.05, 0) is 20.2 Å². The number of para-hydroxylation sites is 1. The lowest BCUT2D eigenvalue weighted by Gasteiger charge is -2.12. The van der Waals surface area contributed by atoms with Gasteiger partial charge >= 0.3 is 11.9 Å². The largest absolute Gasteiger partial charge is 0.504 e. The number of hydrogen-bond acceptors (Lipinski definition) is 5. The van der Waals surface area contributed by atoms with Gasteiger partial charge in [0.25, 0.3) is 0 Å². The number of ether oxygens (including phenoxy) is 1. The van der Waals surface area contributed by atoms with Crippen LogP contribution in [-0.2, 0) is 16.1 Å². The normalized spacial score (nSPS) is 9.47. The summed E-state index contributed by atoms with van der Waals surface area (Å²) in [5.74, 6) is -2.89. The van der Waals surface area contributed by atoms with E-state index < -0.39 is 11.9 Å². The summed E-state index contributed by atoms with van der Waals surface area (Å²) in [5, 5.41) is 24.5. The van der Waals surface area contributed by atoms with Crippen LogP contribution in [0.1, 0.15) is 5.56 Å². The number of phenols is 1. The fourth-order valence-electron chi connectivity index (χ4n) is 1.20. The van der Waals surface area contributed by atoms with E-state index in [1.807, 2.05) is 31.1 Å². The Morgan fingerprint density at radius 2 is 1.74 bits per heavy atom. The Bertz CT molecular complexity index is 432. The highest BCUT2D eigenvalue weighted by Gasteiger charge is 2.07. The number of aliphatic carboxylic acids is 2. The zero-order chi connectivity index (χ0) is 15.0. The Morgan fingerprint density at radius 3 is 2.11 bits per heavy atom. The smallest absolute Gasteiger partial charge is 0.414 e. The van der Waals surface area contributed by atoms with Crippen LogP contribution in [-0.4, -0.2) is 53.4 Å². The molecule has 7 heteroatoms. The van der Waals surface area contributed by atoms with Crippen molar-refractivity contribution in [3.05, 3.63) is 23.8 Å². The quantitative estimate of drug-likeness (QED) is 0.691. The molecule has 0 aliphatic rings. The predicted molar refractivity (Wildman–Crippen MR) is 67.3 cm³/mol. The average Bonchev–Trinajstić information content (AvgIpc) is 2.32. The number of hydrogen-bond donors (Lipinski definition) is 3. The summed E-state index contributed by atoms with van der Waals surface area (Å²) in [5.41, 5.74) is 0.879. The van der Waals surface area contributed by atoms with E-state index in [2.05, 4.69) is 0 Å². The second-order valence-electron chi connectivity index (χ2n) is 3.82. The molecule has 0 aromatic heterocycles. The van der Waals surface area contributed by atoms with Crippen LogP contribution in [0.25, 0.3) is 0 Å². The standard InChI is InChI=1S/C10H15NO2.C2H2O4/c1-11(2)7-8-5-4-6-9(13-3)10(8)12;3-1(4)2(5)6/h4-6,12H,7H2,1-3H3;(H,3,4)(H,5,6). The number of methoxy groups -OCH3 is 1. The topological polar surface area (TPSA) is 107 Å². The van der Waals surface area contributed by atoms with Gasteiger partial charge in [-0.2, -0.15) is 0 Å². The van der Waals surface area contributed by atoms with Crippen LogP contribution in [0.5, 0.6) is 11.5 Å². The summed E-state index contributed by atoms with van der Waals surface area (Å²) in [6.07, 6.45) is 0. The Hall–Kier alpha value is -2.28. The molecule has 0 radical (unpaired) electrons. The Kier molecular flexibility index (Phi) is 6.98. The molecule has 7 nitrogen and oxygen atoms in total. The zero-order valence-corrected chi connectivity index (χ0v) is 11.0. The van der Waals surface area contributed by atoms with Crippen LogP contribution in [0.4, 0.5) is 0 Å². The number of carboxylic acids is 2. The zero-order valence-electron chi connectivity index (χ0n) is 11.0. The van der Waals surface area contributed by atoms with Crippen molar-refractivity contribution in [2.24, 2.45) is 0 Å². The van der Waals surface area contributed by atoms with Gasteiger partial charge in [0, 0.05) is 12.1 Å². The number of benzene rings is 1. The lowest BCUT2D eigenvalue weighted by atomic mass is 10.2. The molecule has 0 amide bonds. The van der Waals surface area contributed by atoms with Crippen LogP contribution >= 0.6 is 0 Å². The van der Waals surface area contributed by atoms with Crippen molar-refractivity contribution in [1.82, 2.24) is 4.90 Å². The molecule has 0 spiro atoms. The molecule has 0 atom stereocenters. The van der Waals surface area contributed by atoms with Gasteiger partial charge in [0.2, 0.25) is 0 Å². The molecular formula is C12H17NO6. The number of rotatable bonds is 3. The fourth-order valence-corrected chi connectivity index (χ4v) is 1.20. The van der Waals surface area contributed by atoms with Crippen molar-refractivity contribution in [2.45, 2.75) is 6.54 Å². The maximum atomic E-state index is 9.69. The third kappa shape index (κ3) is 6.27. The summed E-state index contributed by atoms with van der Waals surface area (Å²) in [7, 11) is 5.46. The average molecular weight is 271 g/mol. The third-order valence-corrected chi connectivity index (χ3v) is 1.97. The molecule has 3 N–H and O–H groups in total. The molecule has 0 aliphatic carbocycles. The van der Waals surface area contributed by atoms with Gasteiger partial charge in [-0.25, -0.2) is 9.59 Å². The maximum absolute atomic E-state index is 9.69. The van der Waals surface area contributed by atoms with Crippen LogP contribution in [0.15, 0.2) is 18.2 Å². The van der Waals surface area contributed by atoms with E-state index in [-0.39, 0.29) is 5.75 Å². The van der Waals surface area contributed by atoms with E-state index in [9.17, 15) is 5.11 Å². The van der Waals surface area contributed by atoms with Gasteiger partial charge in [-0.1, -0.05) is 12.1 Å². The molecule has 1 rings (SSSR count). The van der Waals surface area contributed by atoms with Crippen LogP contribution in [0, 0.1) is 0 Å². The molecular weight excluding hydrogens is 254 g/mol. The van der Waals surface area contributed by atoms with Crippen LogP contribution in [0.3, 0.4) is 0 Å². The first-order valence-electron chi connectivity index (χ1n) is 5.25. The van der Waals surface area contributed by atoms with Gasteiger partial charge in [0.05, 0.1) is 7.11 Å². The van der Waals surface area contributed by atoms with Crippen molar-refractivity contribution in [2.75, 3.05) is 21.2 Å². The summed E-state index contributed by atoms with van der Waals surface area (Å²) in [6, 6.07) is 5.50. The molecule has 0 aliphatic heterocycles. The third-order valence-electron chi connectivity index (χ3n) is 1.97. The second kappa shape index (κ2) is 7.93.